The molecule has 3 amide bonds. The molecule has 2 aromatic rings. The van der Waals surface area contributed by atoms with Gasteiger partial charge in [-0.15, -0.1) is 0 Å². The molecule has 182 valence electrons. The maximum absolute atomic E-state index is 13.3. The van der Waals surface area contributed by atoms with Gasteiger partial charge in [0.25, 0.3) is 11.8 Å². The molecular formula is C26H35N5O3. The summed E-state index contributed by atoms with van der Waals surface area (Å²) in [7, 11) is 1.64. The van der Waals surface area contributed by atoms with Gasteiger partial charge in [-0.1, -0.05) is 51.7 Å². The van der Waals surface area contributed by atoms with Gasteiger partial charge in [-0.05, 0) is 43.4 Å². The third kappa shape index (κ3) is 4.72. The summed E-state index contributed by atoms with van der Waals surface area (Å²) in [4.78, 5) is 40.7. The lowest BCUT2D eigenvalue weighted by Gasteiger charge is -2.41. The van der Waals surface area contributed by atoms with Crippen LogP contribution in [0.25, 0.3) is 0 Å². The second-order valence-corrected chi connectivity index (χ2v) is 10.1. The van der Waals surface area contributed by atoms with Crippen molar-refractivity contribution in [1.82, 2.24) is 20.0 Å². The molecule has 8 nitrogen and oxygen atoms in total. The van der Waals surface area contributed by atoms with E-state index in [0.29, 0.717) is 17.3 Å². The Labute approximate surface area is 201 Å². The molecule has 2 aliphatic rings. The third-order valence-corrected chi connectivity index (χ3v) is 7.25. The molecule has 0 saturated heterocycles. The predicted molar refractivity (Wildman–Crippen MR) is 131 cm³/mol. The molecule has 1 saturated carbocycles. The highest BCUT2D eigenvalue weighted by Gasteiger charge is 2.46. The van der Waals surface area contributed by atoms with Crippen molar-refractivity contribution >= 4 is 23.4 Å². The molecule has 0 radical (unpaired) electrons. The van der Waals surface area contributed by atoms with Gasteiger partial charge >= 0.3 is 0 Å². The molecule has 1 aromatic heterocycles. The molecule has 1 aliphatic carbocycles. The van der Waals surface area contributed by atoms with Crippen molar-refractivity contribution in [2.24, 2.45) is 0 Å². The first-order valence-electron chi connectivity index (χ1n) is 12.3. The number of hydrogen-bond acceptors (Lipinski definition) is 4. The van der Waals surface area contributed by atoms with Gasteiger partial charge < -0.3 is 15.5 Å². The van der Waals surface area contributed by atoms with Crippen LogP contribution in [-0.2, 0) is 11.3 Å². The number of nitrogens with one attached hydrogen (secondary N) is 2. The molecule has 4 rings (SSSR count). The van der Waals surface area contributed by atoms with Crippen LogP contribution in [0, 0.1) is 0 Å². The minimum absolute atomic E-state index is 0.137. The van der Waals surface area contributed by atoms with Crippen molar-refractivity contribution in [3.8, 4) is 0 Å². The van der Waals surface area contributed by atoms with Gasteiger partial charge in [-0.3, -0.25) is 19.1 Å². The van der Waals surface area contributed by atoms with Gasteiger partial charge in [-0.2, -0.15) is 5.10 Å². The Bertz CT molecular complexity index is 1070. The lowest BCUT2D eigenvalue weighted by atomic mass is 9.95. The Kier molecular flexibility index (Phi) is 6.77. The summed E-state index contributed by atoms with van der Waals surface area (Å²) >= 11 is 0. The van der Waals surface area contributed by atoms with Crippen LogP contribution in [-0.4, -0.2) is 51.0 Å². The summed E-state index contributed by atoms with van der Waals surface area (Å²) in [6, 6.07) is 9.32. The first-order chi connectivity index (χ1) is 16.2. The zero-order valence-electron chi connectivity index (χ0n) is 20.6. The molecule has 0 unspecified atom stereocenters. The average molecular weight is 466 g/mol. The second-order valence-electron chi connectivity index (χ2n) is 10.1. The maximum Gasteiger partial charge on any atom is 0.276 e. The van der Waals surface area contributed by atoms with Crippen molar-refractivity contribution in [3.05, 3.63) is 47.3 Å². The molecule has 1 fully saturated rings. The molecule has 34 heavy (non-hydrogen) atoms. The molecule has 0 bridgehead atoms. The molecule has 1 aromatic carbocycles. The number of nitrogens with zero attached hydrogens (tertiary/aromatic N) is 3. The summed E-state index contributed by atoms with van der Waals surface area (Å²) in [6.07, 6.45) is 6.55. The Morgan fingerprint density at radius 1 is 1.09 bits per heavy atom. The van der Waals surface area contributed by atoms with Gasteiger partial charge in [-0.25, -0.2) is 0 Å². The topological polar surface area (TPSA) is 96.3 Å². The van der Waals surface area contributed by atoms with E-state index < -0.39 is 5.54 Å². The molecule has 8 heteroatoms. The quantitative estimate of drug-likeness (QED) is 0.654. The van der Waals surface area contributed by atoms with E-state index in [1.165, 1.54) is 34.1 Å². The molecular weight excluding hydrogens is 430 g/mol. The second kappa shape index (κ2) is 9.60. The summed E-state index contributed by atoms with van der Waals surface area (Å²) in [5, 5.41) is 10.4. The predicted octanol–water partition coefficient (Wildman–Crippen LogP) is 3.94. The molecule has 2 N–H and O–H groups in total. The van der Waals surface area contributed by atoms with E-state index in [-0.39, 0.29) is 36.0 Å². The van der Waals surface area contributed by atoms with E-state index in [0.717, 1.165) is 25.7 Å². The van der Waals surface area contributed by atoms with Crippen LogP contribution in [0.2, 0.25) is 0 Å². The SMILES string of the molecule is CC(C)c1ccc(NC(=O)c2cc3n(n2)C[C@@](C)(C(=O)NC2CCCCCC2)N(C)C3=O)cc1. The van der Waals surface area contributed by atoms with Crippen molar-refractivity contribution in [1.29, 1.82) is 0 Å². The summed E-state index contributed by atoms with van der Waals surface area (Å²) < 4.78 is 1.49. The highest BCUT2D eigenvalue weighted by Crippen LogP contribution is 2.27. The molecule has 1 atom stereocenters. The minimum Gasteiger partial charge on any atom is -0.351 e. The minimum atomic E-state index is -1.08. The van der Waals surface area contributed by atoms with Gasteiger partial charge in [0.15, 0.2) is 5.69 Å². The first kappa shape index (κ1) is 24.0. The van der Waals surface area contributed by atoms with Crippen molar-refractivity contribution in [2.45, 2.75) is 83.3 Å². The molecule has 2 heterocycles. The maximum atomic E-state index is 13.3. The first-order valence-corrected chi connectivity index (χ1v) is 12.3. The van der Waals surface area contributed by atoms with Crippen LogP contribution in [0.15, 0.2) is 30.3 Å². The molecule has 0 spiro atoms. The summed E-state index contributed by atoms with van der Waals surface area (Å²) in [5.41, 5.74) is 1.23. The van der Waals surface area contributed by atoms with Gasteiger partial charge in [0.2, 0.25) is 5.91 Å². The van der Waals surface area contributed by atoms with E-state index >= 15 is 0 Å². The average Bonchev–Trinajstić information content (AvgIpc) is 3.06. The highest BCUT2D eigenvalue weighted by molar-refractivity contribution is 6.05. The van der Waals surface area contributed by atoms with E-state index in [2.05, 4.69) is 29.6 Å². The van der Waals surface area contributed by atoms with Gasteiger partial charge in [0.1, 0.15) is 11.2 Å². The van der Waals surface area contributed by atoms with E-state index in [1.54, 1.807) is 14.0 Å². The molecule has 1 aliphatic heterocycles. The lowest BCUT2D eigenvalue weighted by molar-refractivity contribution is -0.133. The fraction of sp³-hybridized carbons (Fsp3) is 0.538. The number of aromatic nitrogens is 2. The number of carbonyl (C=O) groups excluding carboxylic acids is 3. The number of benzene rings is 1. The Morgan fingerprint density at radius 2 is 1.74 bits per heavy atom. The summed E-state index contributed by atoms with van der Waals surface area (Å²) in [5.74, 6) is -0.480. The van der Waals surface area contributed by atoms with Gasteiger partial charge in [0.05, 0.1) is 6.54 Å². The van der Waals surface area contributed by atoms with E-state index in [4.69, 9.17) is 0 Å². The van der Waals surface area contributed by atoms with E-state index in [1.807, 2.05) is 24.3 Å². The van der Waals surface area contributed by atoms with Crippen LogP contribution >= 0.6 is 0 Å². The number of carbonyl (C=O) groups is 3. The zero-order chi connectivity index (χ0) is 24.5. The monoisotopic (exact) mass is 465 g/mol. The van der Waals surface area contributed by atoms with Crippen LogP contribution in [0.3, 0.4) is 0 Å². The smallest absolute Gasteiger partial charge is 0.276 e. The highest BCUT2D eigenvalue weighted by atomic mass is 16.2. The Balaban J connectivity index is 1.49. The Morgan fingerprint density at radius 3 is 2.35 bits per heavy atom. The fourth-order valence-electron chi connectivity index (χ4n) is 4.75. The number of likely N-dealkylation sites (N-methyl/N-ethyl adjacent to an activating group) is 1. The lowest BCUT2D eigenvalue weighted by Crippen LogP contribution is -2.63. The van der Waals surface area contributed by atoms with Crippen molar-refractivity contribution in [3.63, 3.8) is 0 Å². The van der Waals surface area contributed by atoms with Crippen LogP contribution in [0.4, 0.5) is 5.69 Å². The number of fused-ring (bicyclic) bond motifs is 1. The van der Waals surface area contributed by atoms with Crippen molar-refractivity contribution in [2.75, 3.05) is 12.4 Å². The Hall–Kier alpha value is -3.16. The third-order valence-electron chi connectivity index (χ3n) is 7.25. The van der Waals surface area contributed by atoms with Gasteiger partial charge in [0, 0.05) is 24.8 Å². The largest absolute Gasteiger partial charge is 0.351 e. The van der Waals surface area contributed by atoms with Crippen LogP contribution in [0.1, 0.15) is 91.8 Å². The van der Waals surface area contributed by atoms with Crippen LogP contribution in [0.5, 0.6) is 0 Å². The van der Waals surface area contributed by atoms with Crippen molar-refractivity contribution < 1.29 is 14.4 Å². The number of hydrogen-bond donors (Lipinski definition) is 2. The zero-order valence-corrected chi connectivity index (χ0v) is 20.6. The normalized spacial score (nSPS) is 21.2. The van der Waals surface area contributed by atoms with Crippen LogP contribution < -0.4 is 10.6 Å². The van der Waals surface area contributed by atoms with E-state index in [9.17, 15) is 14.4 Å². The fourth-order valence-corrected chi connectivity index (χ4v) is 4.75. The number of amides is 3. The number of rotatable bonds is 5. The standard InChI is InChI=1S/C26H35N5O3/c1-17(2)18-11-13-20(14-12-18)27-23(32)21-15-22-24(33)30(4)26(3,16-31(22)29-21)25(34)28-19-9-7-5-6-8-10-19/h11-15,17,19H,5-10,16H2,1-4H3,(H,27,32)(H,28,34)/t26-/m0/s1. The summed E-state index contributed by atoms with van der Waals surface area (Å²) in [6.45, 7) is 6.18. The number of anilines is 1.